The van der Waals surface area contributed by atoms with Gasteiger partial charge in [0.15, 0.2) is 5.60 Å². The Balaban J connectivity index is 1.51. The number of likely N-dealkylation sites (N-methyl/N-ethyl adjacent to an activating group) is 1. The molecule has 2 atom stereocenters. The summed E-state index contributed by atoms with van der Waals surface area (Å²) >= 11 is 0. The fourth-order valence-corrected chi connectivity index (χ4v) is 4.56. The lowest BCUT2D eigenvalue weighted by molar-refractivity contribution is -0.170. The Labute approximate surface area is 226 Å². The highest BCUT2D eigenvalue weighted by molar-refractivity contribution is 5.79. The fraction of sp³-hybridized carbons (Fsp3) is 0.533. The molecule has 0 bridgehead atoms. The molecule has 38 heavy (non-hydrogen) atoms. The topological polar surface area (TPSA) is 77.5 Å². The van der Waals surface area contributed by atoms with Crippen molar-refractivity contribution in [3.05, 3.63) is 59.7 Å². The smallest absolute Gasteiger partial charge is 0.338 e. The molecule has 8 nitrogen and oxygen atoms in total. The van der Waals surface area contributed by atoms with Crippen molar-refractivity contribution in [1.29, 1.82) is 0 Å². The molecule has 3 rings (SSSR count). The molecule has 8 heteroatoms. The van der Waals surface area contributed by atoms with Crippen molar-refractivity contribution in [2.24, 2.45) is 0 Å². The number of methoxy groups -OCH3 is 1. The number of hydrogen-bond donors (Lipinski definition) is 0. The highest BCUT2D eigenvalue weighted by Gasteiger charge is 2.36. The van der Waals surface area contributed by atoms with Crippen molar-refractivity contribution in [2.75, 3.05) is 40.5 Å². The summed E-state index contributed by atoms with van der Waals surface area (Å²) in [5.41, 5.74) is 0.987. The predicted molar refractivity (Wildman–Crippen MR) is 147 cm³/mol. The van der Waals surface area contributed by atoms with Gasteiger partial charge in [-0.2, -0.15) is 0 Å². The Morgan fingerprint density at radius 2 is 1.82 bits per heavy atom. The number of ether oxygens (including phenoxy) is 4. The first-order chi connectivity index (χ1) is 18.3. The molecule has 0 N–H and O–H groups in total. The lowest BCUT2D eigenvalue weighted by Crippen LogP contribution is -2.42. The van der Waals surface area contributed by atoms with E-state index in [9.17, 15) is 9.59 Å². The van der Waals surface area contributed by atoms with Crippen LogP contribution in [-0.4, -0.2) is 74.0 Å². The number of amides is 2. The first kappa shape index (κ1) is 29.3. The summed E-state index contributed by atoms with van der Waals surface area (Å²) < 4.78 is 22.5. The highest BCUT2D eigenvalue weighted by atomic mass is 16.6. The molecule has 0 aromatic heterocycles. The zero-order chi connectivity index (χ0) is 27.5. The van der Waals surface area contributed by atoms with Crippen LogP contribution < -0.4 is 9.47 Å². The highest BCUT2D eigenvalue weighted by Crippen LogP contribution is 2.24. The molecule has 2 aromatic rings. The van der Waals surface area contributed by atoms with Crippen LogP contribution in [0.1, 0.15) is 51.2 Å². The van der Waals surface area contributed by atoms with Gasteiger partial charge in [0.2, 0.25) is 0 Å². The SMILES string of the molecule is CCCCOC(C)(Cc1ccc(OCCC2CN(Cc3cccc(OC)c3)C(=O)N2C)cc1)C(=O)OCC. The molecule has 0 aliphatic carbocycles. The first-order valence-corrected chi connectivity index (χ1v) is 13.5. The predicted octanol–water partition coefficient (Wildman–Crippen LogP) is 5.08. The average molecular weight is 527 g/mol. The number of nitrogens with zero attached hydrogens (tertiary/aromatic N) is 2. The van der Waals surface area contributed by atoms with Crippen LogP contribution in [-0.2, 0) is 27.2 Å². The average Bonchev–Trinajstić information content (AvgIpc) is 3.17. The van der Waals surface area contributed by atoms with E-state index < -0.39 is 5.60 Å². The molecule has 1 aliphatic rings. The van der Waals surface area contributed by atoms with Gasteiger partial charge in [-0.15, -0.1) is 0 Å². The number of esters is 1. The quantitative estimate of drug-likeness (QED) is 0.238. The van der Waals surface area contributed by atoms with Gasteiger partial charge in [-0.05, 0) is 55.7 Å². The van der Waals surface area contributed by atoms with E-state index in [1.165, 1.54) is 0 Å². The van der Waals surface area contributed by atoms with Gasteiger partial charge in [-0.1, -0.05) is 37.6 Å². The van der Waals surface area contributed by atoms with E-state index in [1.807, 2.05) is 60.5 Å². The van der Waals surface area contributed by atoms with Crippen molar-refractivity contribution in [3.8, 4) is 11.5 Å². The zero-order valence-corrected chi connectivity index (χ0v) is 23.4. The Kier molecular flexibility index (Phi) is 10.8. The Bertz CT molecular complexity index is 1040. The second-order valence-electron chi connectivity index (χ2n) is 9.89. The molecule has 1 heterocycles. The molecule has 1 saturated heterocycles. The van der Waals surface area contributed by atoms with Gasteiger partial charge in [0.25, 0.3) is 0 Å². The number of rotatable bonds is 15. The molecular weight excluding hydrogens is 484 g/mol. The van der Waals surface area contributed by atoms with E-state index in [2.05, 4.69) is 6.92 Å². The summed E-state index contributed by atoms with van der Waals surface area (Å²) in [5, 5.41) is 0. The van der Waals surface area contributed by atoms with E-state index in [1.54, 1.807) is 25.9 Å². The maximum atomic E-state index is 12.8. The third-order valence-corrected chi connectivity index (χ3v) is 6.87. The minimum atomic E-state index is -1.02. The van der Waals surface area contributed by atoms with Crippen molar-refractivity contribution >= 4 is 12.0 Å². The summed E-state index contributed by atoms with van der Waals surface area (Å²) in [4.78, 5) is 29.0. The number of urea groups is 1. The molecule has 0 spiro atoms. The third kappa shape index (κ3) is 7.87. The standard InChI is InChI=1S/C30H42N2O6/c1-6-8-17-38-30(3,28(33)36-7-2)20-23-12-14-26(15-13-23)37-18-16-25-22-32(29(34)31(25)4)21-24-10-9-11-27(19-24)35-5/h9-15,19,25H,6-8,16-18,20-22H2,1-5H3. The number of unbranched alkanes of at least 4 members (excludes halogenated alkanes) is 1. The Morgan fingerprint density at radius 3 is 2.50 bits per heavy atom. The lowest BCUT2D eigenvalue weighted by Gasteiger charge is -2.28. The van der Waals surface area contributed by atoms with Crippen LogP contribution in [0.15, 0.2) is 48.5 Å². The van der Waals surface area contributed by atoms with Crippen molar-refractivity contribution in [2.45, 2.75) is 64.6 Å². The third-order valence-electron chi connectivity index (χ3n) is 6.87. The molecule has 0 radical (unpaired) electrons. The summed E-state index contributed by atoms with van der Waals surface area (Å²) in [5.74, 6) is 1.19. The van der Waals surface area contributed by atoms with Crippen LogP contribution in [0.5, 0.6) is 11.5 Å². The molecule has 2 aromatic carbocycles. The second-order valence-corrected chi connectivity index (χ2v) is 9.89. The van der Waals surface area contributed by atoms with Crippen LogP contribution in [0.2, 0.25) is 0 Å². The van der Waals surface area contributed by atoms with E-state index in [0.29, 0.717) is 39.3 Å². The minimum Gasteiger partial charge on any atom is -0.497 e. The molecule has 0 saturated carbocycles. The van der Waals surface area contributed by atoms with E-state index in [4.69, 9.17) is 18.9 Å². The van der Waals surface area contributed by atoms with Crippen molar-refractivity contribution in [1.82, 2.24) is 9.80 Å². The van der Waals surface area contributed by atoms with Crippen molar-refractivity contribution in [3.63, 3.8) is 0 Å². The van der Waals surface area contributed by atoms with Gasteiger partial charge < -0.3 is 28.7 Å². The van der Waals surface area contributed by atoms with E-state index in [-0.39, 0.29) is 18.0 Å². The lowest BCUT2D eigenvalue weighted by atomic mass is 9.96. The molecule has 1 aliphatic heterocycles. The van der Waals surface area contributed by atoms with Gasteiger partial charge in [0.05, 0.1) is 26.4 Å². The summed E-state index contributed by atoms with van der Waals surface area (Å²) in [6.45, 7) is 8.21. The normalized spacial score (nSPS) is 16.9. The van der Waals surface area contributed by atoms with Crippen LogP contribution in [0, 0.1) is 0 Å². The van der Waals surface area contributed by atoms with E-state index in [0.717, 1.165) is 41.9 Å². The van der Waals surface area contributed by atoms with Gasteiger partial charge in [-0.25, -0.2) is 9.59 Å². The second kappa shape index (κ2) is 14.0. The van der Waals surface area contributed by atoms with Crippen LogP contribution in [0.3, 0.4) is 0 Å². The zero-order valence-electron chi connectivity index (χ0n) is 23.4. The van der Waals surface area contributed by atoms with Gasteiger partial charge >= 0.3 is 12.0 Å². The number of hydrogen-bond acceptors (Lipinski definition) is 6. The largest absolute Gasteiger partial charge is 0.497 e. The van der Waals surface area contributed by atoms with Crippen LogP contribution in [0.25, 0.3) is 0 Å². The number of carbonyl (C=O) groups excluding carboxylic acids is 2. The Hall–Kier alpha value is -3.26. The number of benzene rings is 2. The molecule has 2 unspecified atom stereocenters. The molecular formula is C30H42N2O6. The van der Waals surface area contributed by atoms with Crippen molar-refractivity contribution < 1.29 is 28.5 Å². The van der Waals surface area contributed by atoms with Gasteiger partial charge in [0.1, 0.15) is 11.5 Å². The van der Waals surface area contributed by atoms with Crippen LogP contribution in [0.4, 0.5) is 4.79 Å². The summed E-state index contributed by atoms with van der Waals surface area (Å²) in [6.07, 6.45) is 3.04. The van der Waals surface area contributed by atoms with Gasteiger partial charge in [0, 0.05) is 39.6 Å². The summed E-state index contributed by atoms with van der Waals surface area (Å²) in [7, 11) is 3.48. The van der Waals surface area contributed by atoms with E-state index >= 15 is 0 Å². The minimum absolute atomic E-state index is 0.0213. The molecule has 208 valence electrons. The van der Waals surface area contributed by atoms with Crippen LogP contribution >= 0.6 is 0 Å². The maximum absolute atomic E-state index is 12.8. The fourth-order valence-electron chi connectivity index (χ4n) is 4.56. The maximum Gasteiger partial charge on any atom is 0.338 e. The summed E-state index contributed by atoms with van der Waals surface area (Å²) in [6, 6.07) is 15.6. The number of carbonyl (C=O) groups is 2. The Morgan fingerprint density at radius 1 is 1.05 bits per heavy atom. The van der Waals surface area contributed by atoms with Gasteiger partial charge in [-0.3, -0.25) is 0 Å². The first-order valence-electron chi connectivity index (χ1n) is 13.5. The monoisotopic (exact) mass is 526 g/mol. The molecule has 2 amide bonds. The molecule has 1 fully saturated rings.